The Morgan fingerprint density at radius 3 is 2.68 bits per heavy atom. The Morgan fingerprint density at radius 1 is 1.42 bits per heavy atom. The van der Waals surface area contributed by atoms with Crippen LogP contribution in [0.4, 0.5) is 0 Å². The first-order valence-corrected chi connectivity index (χ1v) is 6.85. The molecule has 0 spiro atoms. The monoisotopic (exact) mass is 278 g/mol. The lowest BCUT2D eigenvalue weighted by molar-refractivity contribution is 0.0765. The molecule has 102 valence electrons. The van der Waals surface area contributed by atoms with Crippen LogP contribution in [0.25, 0.3) is 0 Å². The highest BCUT2D eigenvalue weighted by molar-refractivity contribution is 6.33. The molecular weight excluding hydrogens is 260 g/mol. The number of carbonyl (C=O) groups excluding carboxylic acids is 1. The van der Waals surface area contributed by atoms with E-state index in [0.29, 0.717) is 17.1 Å². The van der Waals surface area contributed by atoms with Crippen molar-refractivity contribution >= 4 is 17.5 Å². The maximum atomic E-state index is 12.4. The van der Waals surface area contributed by atoms with Crippen molar-refractivity contribution < 1.29 is 4.79 Å². The van der Waals surface area contributed by atoms with Gasteiger partial charge >= 0.3 is 0 Å². The lowest BCUT2D eigenvalue weighted by atomic mass is 9.83. The highest BCUT2D eigenvalue weighted by atomic mass is 35.5. The number of pyridine rings is 1. The zero-order chi connectivity index (χ0) is 14.0. The molecule has 3 nitrogen and oxygen atoms in total. The van der Waals surface area contributed by atoms with Gasteiger partial charge in [-0.2, -0.15) is 0 Å². The molecule has 2 rings (SSSR count). The van der Waals surface area contributed by atoms with E-state index in [9.17, 15) is 4.79 Å². The molecule has 0 saturated carbocycles. The number of rotatable bonds is 1. The number of aromatic nitrogens is 1. The fraction of sp³-hybridized carbons (Fsp3) is 0.467. The molecule has 1 aromatic rings. The number of carbonyl (C=O) groups is 1. The molecule has 1 aliphatic heterocycles. The van der Waals surface area contributed by atoms with Gasteiger partial charge in [0.25, 0.3) is 5.91 Å². The van der Waals surface area contributed by atoms with Crippen LogP contribution in [-0.2, 0) is 0 Å². The Kier molecular flexibility index (Phi) is 3.95. The predicted molar refractivity (Wildman–Crippen MR) is 77.3 cm³/mol. The third-order valence-electron chi connectivity index (χ3n) is 3.46. The molecule has 0 atom stereocenters. The summed E-state index contributed by atoms with van der Waals surface area (Å²) < 4.78 is 0. The third-order valence-corrected chi connectivity index (χ3v) is 3.76. The van der Waals surface area contributed by atoms with E-state index in [1.54, 1.807) is 12.3 Å². The van der Waals surface area contributed by atoms with Crippen molar-refractivity contribution in [3.05, 3.63) is 40.7 Å². The van der Waals surface area contributed by atoms with Gasteiger partial charge in [0.15, 0.2) is 0 Å². The Hall–Kier alpha value is -1.35. The predicted octanol–water partition coefficient (Wildman–Crippen LogP) is 3.55. The van der Waals surface area contributed by atoms with E-state index in [1.807, 2.05) is 4.90 Å². The van der Waals surface area contributed by atoms with Crippen LogP contribution in [0.15, 0.2) is 30.1 Å². The van der Waals surface area contributed by atoms with Crippen LogP contribution < -0.4 is 0 Å². The van der Waals surface area contributed by atoms with Crippen molar-refractivity contribution in [1.82, 2.24) is 9.88 Å². The molecule has 0 aromatic carbocycles. The molecule has 4 heteroatoms. The Morgan fingerprint density at radius 2 is 2.16 bits per heavy atom. The van der Waals surface area contributed by atoms with E-state index < -0.39 is 0 Å². The van der Waals surface area contributed by atoms with Gasteiger partial charge < -0.3 is 4.90 Å². The molecule has 0 fully saturated rings. The van der Waals surface area contributed by atoms with Crippen LogP contribution in [0, 0.1) is 5.41 Å². The molecule has 1 aromatic heterocycles. The smallest absolute Gasteiger partial charge is 0.255 e. The molecule has 2 heterocycles. The minimum Gasteiger partial charge on any atom is -0.335 e. The molecule has 0 saturated heterocycles. The Bertz CT molecular complexity index is 517. The maximum absolute atomic E-state index is 12.4. The maximum Gasteiger partial charge on any atom is 0.255 e. The van der Waals surface area contributed by atoms with Crippen LogP contribution in [0.1, 0.15) is 37.6 Å². The Balaban J connectivity index is 2.13. The second-order valence-corrected chi connectivity index (χ2v) is 6.24. The van der Waals surface area contributed by atoms with Gasteiger partial charge in [0, 0.05) is 25.5 Å². The summed E-state index contributed by atoms with van der Waals surface area (Å²) in [6.45, 7) is 8.02. The van der Waals surface area contributed by atoms with Gasteiger partial charge in [-0.1, -0.05) is 44.0 Å². The molecule has 0 unspecified atom stereocenters. The summed E-state index contributed by atoms with van der Waals surface area (Å²) in [6.07, 6.45) is 6.20. The highest BCUT2D eigenvalue weighted by Crippen LogP contribution is 2.30. The molecule has 0 aliphatic carbocycles. The zero-order valence-corrected chi connectivity index (χ0v) is 12.4. The normalized spacial score (nSPS) is 16.2. The van der Waals surface area contributed by atoms with E-state index in [0.717, 1.165) is 13.0 Å². The van der Waals surface area contributed by atoms with Crippen molar-refractivity contribution in [2.24, 2.45) is 5.41 Å². The lowest BCUT2D eigenvalue weighted by Gasteiger charge is -2.32. The van der Waals surface area contributed by atoms with E-state index >= 15 is 0 Å². The standard InChI is InChI=1S/C15H19ClN2O/c1-15(2,3)11-5-8-18(9-6-11)14(19)12-4-7-17-10-13(12)16/h4-5,7,10H,6,8-9H2,1-3H3. The first-order chi connectivity index (χ1) is 8.89. The number of amides is 1. The molecular formula is C15H19ClN2O. The second-order valence-electron chi connectivity index (χ2n) is 5.84. The summed E-state index contributed by atoms with van der Waals surface area (Å²) >= 11 is 6.01. The van der Waals surface area contributed by atoms with E-state index in [4.69, 9.17) is 11.6 Å². The zero-order valence-electron chi connectivity index (χ0n) is 11.6. The minimum absolute atomic E-state index is 0.0170. The molecule has 0 N–H and O–H groups in total. The molecule has 1 aliphatic rings. The average Bonchev–Trinajstić information content (AvgIpc) is 2.38. The van der Waals surface area contributed by atoms with Gasteiger partial charge in [0.1, 0.15) is 0 Å². The van der Waals surface area contributed by atoms with Gasteiger partial charge in [-0.05, 0) is 17.9 Å². The van der Waals surface area contributed by atoms with Crippen molar-refractivity contribution in [3.63, 3.8) is 0 Å². The Labute approximate surface area is 119 Å². The lowest BCUT2D eigenvalue weighted by Crippen LogP contribution is -2.36. The number of halogens is 1. The summed E-state index contributed by atoms with van der Waals surface area (Å²) in [7, 11) is 0. The molecule has 19 heavy (non-hydrogen) atoms. The van der Waals surface area contributed by atoms with Crippen molar-refractivity contribution in [3.8, 4) is 0 Å². The topological polar surface area (TPSA) is 33.2 Å². The minimum atomic E-state index is -0.0170. The number of nitrogens with zero attached hydrogens (tertiary/aromatic N) is 2. The quantitative estimate of drug-likeness (QED) is 0.736. The summed E-state index contributed by atoms with van der Waals surface area (Å²) in [4.78, 5) is 18.1. The van der Waals surface area contributed by atoms with Crippen molar-refractivity contribution in [1.29, 1.82) is 0 Å². The summed E-state index contributed by atoms with van der Waals surface area (Å²) in [6, 6.07) is 1.67. The van der Waals surface area contributed by atoms with Gasteiger partial charge in [-0.3, -0.25) is 9.78 Å². The van der Waals surface area contributed by atoms with Crippen LogP contribution in [-0.4, -0.2) is 28.9 Å². The van der Waals surface area contributed by atoms with Crippen LogP contribution in [0.3, 0.4) is 0 Å². The molecule has 0 bridgehead atoms. The SMILES string of the molecule is CC(C)(C)C1=CCN(C(=O)c2ccncc2Cl)CC1. The van der Waals surface area contributed by atoms with E-state index in [-0.39, 0.29) is 11.3 Å². The molecule has 1 amide bonds. The van der Waals surface area contributed by atoms with E-state index in [2.05, 4.69) is 31.8 Å². The van der Waals surface area contributed by atoms with Gasteiger partial charge in [-0.15, -0.1) is 0 Å². The fourth-order valence-electron chi connectivity index (χ4n) is 2.25. The van der Waals surface area contributed by atoms with Crippen LogP contribution in [0.2, 0.25) is 5.02 Å². The second kappa shape index (κ2) is 5.33. The molecule has 0 radical (unpaired) electrons. The summed E-state index contributed by atoms with van der Waals surface area (Å²) in [5.41, 5.74) is 2.13. The van der Waals surface area contributed by atoms with Gasteiger partial charge in [0.2, 0.25) is 0 Å². The third kappa shape index (κ3) is 3.16. The summed E-state index contributed by atoms with van der Waals surface area (Å²) in [5, 5.41) is 0.415. The van der Waals surface area contributed by atoms with Crippen LogP contribution in [0.5, 0.6) is 0 Å². The number of hydrogen-bond donors (Lipinski definition) is 0. The van der Waals surface area contributed by atoms with Crippen molar-refractivity contribution in [2.45, 2.75) is 27.2 Å². The summed E-state index contributed by atoms with van der Waals surface area (Å²) in [5.74, 6) is -0.0170. The first kappa shape index (κ1) is 14.1. The highest BCUT2D eigenvalue weighted by Gasteiger charge is 2.24. The van der Waals surface area contributed by atoms with Gasteiger partial charge in [0.05, 0.1) is 10.6 Å². The number of hydrogen-bond acceptors (Lipinski definition) is 2. The van der Waals surface area contributed by atoms with Crippen molar-refractivity contribution in [2.75, 3.05) is 13.1 Å². The first-order valence-electron chi connectivity index (χ1n) is 6.48. The van der Waals surface area contributed by atoms with Gasteiger partial charge in [-0.25, -0.2) is 0 Å². The average molecular weight is 279 g/mol. The largest absolute Gasteiger partial charge is 0.335 e. The van der Waals surface area contributed by atoms with Crippen LogP contribution >= 0.6 is 11.6 Å². The van der Waals surface area contributed by atoms with E-state index in [1.165, 1.54) is 11.8 Å². The fourth-order valence-corrected chi connectivity index (χ4v) is 2.45.